The molecule has 3 heterocycles. The summed E-state index contributed by atoms with van der Waals surface area (Å²) in [5.41, 5.74) is 1.06. The van der Waals surface area contributed by atoms with Crippen molar-refractivity contribution >= 4 is 52.7 Å². The van der Waals surface area contributed by atoms with Gasteiger partial charge in [0, 0.05) is 54.6 Å². The van der Waals surface area contributed by atoms with Gasteiger partial charge in [-0.15, -0.1) is 12.4 Å². The van der Waals surface area contributed by atoms with Gasteiger partial charge in [-0.2, -0.15) is 0 Å². The highest BCUT2D eigenvalue weighted by Gasteiger charge is 2.32. The van der Waals surface area contributed by atoms with Crippen LogP contribution in [-0.4, -0.2) is 101 Å². The molecule has 2 aliphatic rings. The molecule has 2 fully saturated rings. The largest absolute Gasteiger partial charge is 0.481 e. The Morgan fingerprint density at radius 3 is 2.46 bits per heavy atom. The van der Waals surface area contributed by atoms with Gasteiger partial charge < -0.3 is 25.2 Å². The number of carboxylic acid groups (broad SMARTS) is 1. The summed E-state index contributed by atoms with van der Waals surface area (Å²) in [5.74, 6) is -1.67. The summed E-state index contributed by atoms with van der Waals surface area (Å²) in [6.07, 6.45) is 2.12. The minimum atomic E-state index is -1.00. The molecule has 11 heteroatoms. The average molecular weight is 526 g/mol. The number of nitrogens with zero attached hydrogens (tertiary/aromatic N) is 3. The van der Waals surface area contributed by atoms with E-state index in [1.165, 1.54) is 0 Å². The quantitative estimate of drug-likeness (QED) is 0.512. The number of likely N-dealkylation sites (tertiary alicyclic amines) is 1. The van der Waals surface area contributed by atoms with Crippen molar-refractivity contribution in [2.75, 3.05) is 46.3 Å². The third-order valence-corrected chi connectivity index (χ3v) is 7.14. The molecule has 0 aliphatic carbocycles. The van der Waals surface area contributed by atoms with E-state index >= 15 is 0 Å². The molecule has 1 atom stereocenters. The van der Waals surface area contributed by atoms with Crippen molar-refractivity contribution in [2.45, 2.75) is 37.8 Å². The number of amides is 2. The molecule has 0 radical (unpaired) electrons. The van der Waals surface area contributed by atoms with Crippen molar-refractivity contribution in [2.24, 2.45) is 0 Å². The molecule has 0 saturated carbocycles. The first-order valence-electron chi connectivity index (χ1n) is 11.8. The maximum Gasteiger partial charge on any atom is 0.303 e. The van der Waals surface area contributed by atoms with Gasteiger partial charge in [0.05, 0.1) is 0 Å². The minimum Gasteiger partial charge on any atom is -0.481 e. The number of piperidine rings is 1. The van der Waals surface area contributed by atoms with E-state index < -0.39 is 17.9 Å². The highest BCUT2D eigenvalue weighted by atomic mass is 35.5. The lowest BCUT2D eigenvalue weighted by Gasteiger charge is -2.42. The van der Waals surface area contributed by atoms with Crippen LogP contribution in [0.5, 0.6) is 0 Å². The zero-order chi connectivity index (χ0) is 24.2. The van der Waals surface area contributed by atoms with Gasteiger partial charge in [0.2, 0.25) is 5.91 Å². The van der Waals surface area contributed by atoms with Gasteiger partial charge in [-0.1, -0.05) is 11.6 Å². The lowest BCUT2D eigenvalue weighted by atomic mass is 10.0. The van der Waals surface area contributed by atoms with E-state index in [2.05, 4.69) is 27.1 Å². The van der Waals surface area contributed by atoms with E-state index in [9.17, 15) is 14.4 Å². The first-order valence-corrected chi connectivity index (χ1v) is 12.2. The molecule has 4 rings (SSSR count). The Balaban J connectivity index is 0.00000342. The zero-order valence-corrected chi connectivity index (χ0v) is 21.4. The van der Waals surface area contributed by atoms with Gasteiger partial charge in [0.1, 0.15) is 11.7 Å². The standard InChI is InChI=1S/C24H32ClN5O4.ClH/c1-28-8-6-18(7-9-28)29-10-12-30(13-11-29)24(34)20(4-5-22(31)32)27-23(33)21-15-16-14-17(25)2-3-19(16)26-21;/h2-3,14-15,18,20,26H,4-13H2,1H3,(H,27,33)(H,31,32);1H/t20-;/m1./s1. The van der Waals surface area contributed by atoms with Crippen molar-refractivity contribution in [1.29, 1.82) is 0 Å². The Kier molecular flexibility index (Phi) is 9.40. The van der Waals surface area contributed by atoms with Crippen molar-refractivity contribution in [1.82, 2.24) is 25.0 Å². The number of aromatic nitrogens is 1. The third-order valence-electron chi connectivity index (χ3n) is 6.91. The number of halogens is 2. The summed E-state index contributed by atoms with van der Waals surface area (Å²) < 4.78 is 0. The van der Waals surface area contributed by atoms with E-state index in [0.29, 0.717) is 29.8 Å². The lowest BCUT2D eigenvalue weighted by Crippen LogP contribution is -2.57. The highest BCUT2D eigenvalue weighted by molar-refractivity contribution is 6.31. The molecular formula is C24H33Cl2N5O4. The Morgan fingerprint density at radius 1 is 1.11 bits per heavy atom. The van der Waals surface area contributed by atoms with Crippen LogP contribution in [0.3, 0.4) is 0 Å². The summed E-state index contributed by atoms with van der Waals surface area (Å²) in [4.78, 5) is 47.0. The van der Waals surface area contributed by atoms with Crippen LogP contribution < -0.4 is 5.32 Å². The smallest absolute Gasteiger partial charge is 0.303 e. The molecule has 0 bridgehead atoms. The summed E-state index contributed by atoms with van der Waals surface area (Å²) in [7, 11) is 2.14. The van der Waals surface area contributed by atoms with Crippen LogP contribution in [0.15, 0.2) is 24.3 Å². The van der Waals surface area contributed by atoms with Crippen LogP contribution in [0.2, 0.25) is 5.02 Å². The number of nitrogens with one attached hydrogen (secondary N) is 2. The summed E-state index contributed by atoms with van der Waals surface area (Å²) in [5, 5.41) is 13.3. The number of carbonyl (C=O) groups excluding carboxylic acids is 2. The molecule has 2 aliphatic heterocycles. The van der Waals surface area contributed by atoms with Crippen LogP contribution >= 0.6 is 24.0 Å². The van der Waals surface area contributed by atoms with E-state index in [4.69, 9.17) is 16.7 Å². The van der Waals surface area contributed by atoms with Crippen molar-refractivity contribution in [3.05, 3.63) is 35.0 Å². The maximum atomic E-state index is 13.3. The first kappa shape index (κ1) is 27.3. The normalized spacial score (nSPS) is 18.7. The van der Waals surface area contributed by atoms with Crippen LogP contribution in [0.1, 0.15) is 36.2 Å². The summed E-state index contributed by atoms with van der Waals surface area (Å²) in [6.45, 7) is 4.93. The molecule has 2 saturated heterocycles. The SMILES string of the molecule is CN1CCC(N2CCN(C(=O)[C@@H](CCC(=O)O)NC(=O)c3cc4cc(Cl)ccc4[nH]3)CC2)CC1.Cl. The van der Waals surface area contributed by atoms with Gasteiger partial charge in [-0.25, -0.2) is 0 Å². The second-order valence-electron chi connectivity index (χ2n) is 9.27. The fourth-order valence-electron chi connectivity index (χ4n) is 4.87. The van der Waals surface area contributed by atoms with Crippen LogP contribution in [-0.2, 0) is 9.59 Å². The topological polar surface area (TPSA) is 109 Å². The Bertz CT molecular complexity index is 1050. The molecule has 0 unspecified atom stereocenters. The number of hydrogen-bond donors (Lipinski definition) is 3. The number of fused-ring (bicyclic) bond motifs is 1. The predicted octanol–water partition coefficient (Wildman–Crippen LogP) is 2.44. The zero-order valence-electron chi connectivity index (χ0n) is 19.8. The fraction of sp³-hybridized carbons (Fsp3) is 0.542. The van der Waals surface area contributed by atoms with E-state index in [0.717, 1.165) is 49.9 Å². The van der Waals surface area contributed by atoms with Gasteiger partial charge in [0.25, 0.3) is 5.91 Å². The Labute approximate surface area is 216 Å². The van der Waals surface area contributed by atoms with Gasteiger partial charge in [-0.3, -0.25) is 19.3 Å². The summed E-state index contributed by atoms with van der Waals surface area (Å²) in [6, 6.07) is 6.59. The number of benzene rings is 1. The Morgan fingerprint density at radius 2 is 1.80 bits per heavy atom. The number of aliphatic carboxylic acids is 1. The molecule has 3 N–H and O–H groups in total. The molecule has 1 aromatic carbocycles. The number of rotatable bonds is 7. The van der Waals surface area contributed by atoms with E-state index in [1.54, 1.807) is 29.2 Å². The monoisotopic (exact) mass is 525 g/mol. The number of carbonyl (C=O) groups is 3. The second kappa shape index (κ2) is 12.1. The number of carboxylic acids is 1. The van der Waals surface area contributed by atoms with Crippen LogP contribution in [0.4, 0.5) is 0 Å². The number of hydrogen-bond acceptors (Lipinski definition) is 5. The van der Waals surface area contributed by atoms with Gasteiger partial charge in [-0.05, 0) is 63.7 Å². The number of aromatic amines is 1. The molecule has 2 amide bonds. The molecular weight excluding hydrogens is 493 g/mol. The lowest BCUT2D eigenvalue weighted by molar-refractivity contribution is -0.138. The predicted molar refractivity (Wildman–Crippen MR) is 137 cm³/mol. The number of piperazine rings is 1. The second-order valence-corrected chi connectivity index (χ2v) is 9.71. The molecule has 35 heavy (non-hydrogen) atoms. The van der Waals surface area contributed by atoms with Crippen molar-refractivity contribution in [3.8, 4) is 0 Å². The van der Waals surface area contributed by atoms with Gasteiger partial charge in [0.15, 0.2) is 0 Å². The Hall–Kier alpha value is -2.33. The van der Waals surface area contributed by atoms with E-state index in [1.807, 2.05) is 0 Å². The van der Waals surface area contributed by atoms with Gasteiger partial charge >= 0.3 is 5.97 Å². The first-order chi connectivity index (χ1) is 16.3. The van der Waals surface area contributed by atoms with Crippen LogP contribution in [0.25, 0.3) is 10.9 Å². The fourth-order valence-corrected chi connectivity index (χ4v) is 5.06. The highest BCUT2D eigenvalue weighted by Crippen LogP contribution is 2.21. The summed E-state index contributed by atoms with van der Waals surface area (Å²) >= 11 is 6.03. The molecule has 192 valence electrons. The van der Waals surface area contributed by atoms with Crippen LogP contribution in [0, 0.1) is 0 Å². The minimum absolute atomic E-state index is 0. The average Bonchev–Trinajstić information content (AvgIpc) is 3.25. The molecule has 1 aromatic heterocycles. The van der Waals surface area contributed by atoms with Crippen molar-refractivity contribution < 1.29 is 19.5 Å². The van der Waals surface area contributed by atoms with Crippen molar-refractivity contribution in [3.63, 3.8) is 0 Å². The maximum absolute atomic E-state index is 13.3. The van der Waals surface area contributed by atoms with E-state index in [-0.39, 0.29) is 31.2 Å². The molecule has 9 nitrogen and oxygen atoms in total. The molecule has 2 aromatic rings. The third kappa shape index (κ3) is 6.88. The number of H-pyrrole nitrogens is 1. The molecule has 0 spiro atoms.